The Morgan fingerprint density at radius 3 is 2.24 bits per heavy atom. The van der Waals surface area contributed by atoms with Gasteiger partial charge >= 0.3 is 18.2 Å². The number of benzene rings is 2. The van der Waals surface area contributed by atoms with Crippen LogP contribution < -0.4 is 20.7 Å². The first-order valence-electron chi connectivity index (χ1n) is 20.6. The number of aliphatic hydroxyl groups is 4. The number of ether oxygens (including phenoxy) is 2. The van der Waals surface area contributed by atoms with Crippen molar-refractivity contribution in [2.45, 2.75) is 120 Å². The number of amides is 2. The summed E-state index contributed by atoms with van der Waals surface area (Å²) in [7, 11) is -4.27. The lowest BCUT2D eigenvalue weighted by Gasteiger charge is -2.41. The highest BCUT2D eigenvalue weighted by Crippen LogP contribution is 2.34. The lowest BCUT2D eigenvalue weighted by molar-refractivity contribution is -0.188. The molecule has 63 heavy (non-hydrogen) atoms. The minimum atomic E-state index is -4.73. The Labute approximate surface area is 364 Å². The van der Waals surface area contributed by atoms with Crippen molar-refractivity contribution in [3.05, 3.63) is 65.9 Å². The Morgan fingerprint density at radius 2 is 1.63 bits per heavy atom. The number of carbonyl (C=O) groups excluding carboxylic acids is 3. The summed E-state index contributed by atoms with van der Waals surface area (Å²) in [5, 5.41) is 56.1. The highest BCUT2D eigenvalue weighted by molar-refractivity contribution is 7.89. The predicted octanol–water partition coefficient (Wildman–Crippen LogP) is 2.95. The van der Waals surface area contributed by atoms with Gasteiger partial charge in [0.25, 0.3) is 0 Å². The van der Waals surface area contributed by atoms with Crippen molar-refractivity contribution < 1.29 is 65.9 Å². The van der Waals surface area contributed by atoms with Gasteiger partial charge in [-0.15, -0.1) is 0 Å². The second-order valence-corrected chi connectivity index (χ2v) is 18.4. The number of hydrogen-bond acceptors (Lipinski definition) is 13. The molecular formula is C42H59F3N6O11S. The molecule has 2 amide bonds. The smallest absolute Gasteiger partial charge is 0.435 e. The summed E-state index contributed by atoms with van der Waals surface area (Å²) in [6, 6.07) is 11.8. The van der Waals surface area contributed by atoms with Gasteiger partial charge < -0.3 is 45.9 Å². The first-order chi connectivity index (χ1) is 29.3. The molecule has 1 aromatic heterocycles. The Hall–Kier alpha value is -4.64. The van der Waals surface area contributed by atoms with Gasteiger partial charge in [0.15, 0.2) is 11.8 Å². The topological polar surface area (TPSA) is 251 Å². The van der Waals surface area contributed by atoms with E-state index < -0.39 is 94.0 Å². The summed E-state index contributed by atoms with van der Waals surface area (Å²) in [5.41, 5.74) is -3.10. The molecule has 0 radical (unpaired) electrons. The number of aryl methyl sites for hydroxylation is 1. The van der Waals surface area contributed by atoms with Crippen molar-refractivity contribution >= 4 is 28.0 Å². The Bertz CT molecular complexity index is 2130. The lowest BCUT2D eigenvalue weighted by Crippen LogP contribution is -2.61. The molecule has 17 nitrogen and oxygen atoms in total. The van der Waals surface area contributed by atoms with Gasteiger partial charge in [-0.1, -0.05) is 43.7 Å². The fraction of sp³-hybridized carbons (Fsp3) is 0.571. The van der Waals surface area contributed by atoms with E-state index >= 15 is 0 Å². The molecule has 1 aliphatic heterocycles. The monoisotopic (exact) mass is 912 g/mol. The highest BCUT2D eigenvalue weighted by Gasteiger charge is 2.48. The maximum absolute atomic E-state index is 13.6. The van der Waals surface area contributed by atoms with E-state index in [-0.39, 0.29) is 61.1 Å². The molecule has 0 aliphatic carbocycles. The molecule has 1 unspecified atom stereocenters. The van der Waals surface area contributed by atoms with Crippen molar-refractivity contribution in [1.82, 2.24) is 30.5 Å². The summed E-state index contributed by atoms with van der Waals surface area (Å²) in [5.74, 6) is -3.05. The number of alkyl carbamates (subject to hydrolysis) is 1. The lowest BCUT2D eigenvalue weighted by atomic mass is 9.84. The van der Waals surface area contributed by atoms with Crippen molar-refractivity contribution in [2.75, 3.05) is 26.2 Å². The van der Waals surface area contributed by atoms with Crippen molar-refractivity contribution in [3.8, 4) is 16.9 Å². The number of aromatic nitrogens is 2. The molecule has 1 saturated heterocycles. The molecule has 9 atom stereocenters. The number of halogens is 3. The molecule has 2 heterocycles. The third kappa shape index (κ3) is 13.4. The number of rotatable bonds is 11. The zero-order chi connectivity index (χ0) is 47.1. The zero-order valence-corrected chi connectivity index (χ0v) is 37.1. The standard InChI is InChI=1S/C42H59F3N6O11S/c1-8-35-41(7,58)37(27(5)48-22-25(3)21-40(6,57)34(53)20-32(52)26(4)38(55)61-35)62-39(56)47-18-17-46-36(54)23-49-63(59,60)30-15-13-29(14-16-30)51-31(19-33(50-51)42(43,44)45)28-11-9-24(2)10-12-28/h9-16,19,25-27,32,34-35,37,48-49,52-53,57-58H,8,17-18,20-23H2,1-7H3,(H,46,54)(H,47,56)/t25-,26-,27-,32+,34-,35-,37?,40-,41-/m1/s1. The van der Waals surface area contributed by atoms with Gasteiger partial charge in [0, 0.05) is 31.1 Å². The zero-order valence-electron chi connectivity index (χ0n) is 36.3. The van der Waals surface area contributed by atoms with Crippen LogP contribution in [-0.2, 0) is 35.3 Å². The van der Waals surface area contributed by atoms with Crippen LogP contribution in [0.15, 0.2) is 59.5 Å². The summed E-state index contributed by atoms with van der Waals surface area (Å²) >= 11 is 0. The van der Waals surface area contributed by atoms with Crippen LogP contribution in [0.2, 0.25) is 0 Å². The Balaban J connectivity index is 1.35. The van der Waals surface area contributed by atoms with Crippen LogP contribution in [0, 0.1) is 18.8 Å². The van der Waals surface area contributed by atoms with Crippen molar-refractivity contribution in [3.63, 3.8) is 0 Å². The van der Waals surface area contributed by atoms with Gasteiger partial charge in [-0.3, -0.25) is 9.59 Å². The van der Waals surface area contributed by atoms with Crippen LogP contribution in [0.4, 0.5) is 18.0 Å². The molecule has 0 saturated carbocycles. The van der Waals surface area contributed by atoms with Crippen LogP contribution in [0.1, 0.15) is 72.1 Å². The van der Waals surface area contributed by atoms with E-state index in [1.807, 2.05) is 13.8 Å². The van der Waals surface area contributed by atoms with Crippen LogP contribution >= 0.6 is 0 Å². The average Bonchev–Trinajstić information content (AvgIpc) is 3.68. The van der Waals surface area contributed by atoms with E-state index in [2.05, 4.69) is 25.8 Å². The average molecular weight is 913 g/mol. The van der Waals surface area contributed by atoms with E-state index in [9.17, 15) is 56.4 Å². The van der Waals surface area contributed by atoms with Crippen molar-refractivity contribution in [2.24, 2.45) is 11.8 Å². The molecule has 4 rings (SSSR count). The number of sulfonamides is 1. The van der Waals surface area contributed by atoms with Crippen LogP contribution in [0.3, 0.4) is 0 Å². The molecule has 3 aromatic rings. The number of nitrogens with zero attached hydrogens (tertiary/aromatic N) is 2. The van der Waals surface area contributed by atoms with Gasteiger partial charge in [0.2, 0.25) is 15.9 Å². The predicted molar refractivity (Wildman–Crippen MR) is 224 cm³/mol. The Morgan fingerprint density at radius 1 is 1.02 bits per heavy atom. The molecule has 21 heteroatoms. The molecule has 8 N–H and O–H groups in total. The third-order valence-electron chi connectivity index (χ3n) is 11.1. The molecule has 1 aliphatic rings. The van der Waals surface area contributed by atoms with Crippen LogP contribution in [0.25, 0.3) is 16.9 Å². The number of nitrogens with one attached hydrogen (secondary N) is 4. The summed E-state index contributed by atoms with van der Waals surface area (Å²) in [6.07, 6.45) is -11.2. The maximum Gasteiger partial charge on any atom is 0.435 e. The minimum absolute atomic E-state index is 0.0807. The van der Waals surface area contributed by atoms with Crippen molar-refractivity contribution in [1.29, 1.82) is 0 Å². The SMILES string of the molecule is CC[C@H]1OC(=O)[C@H](C)[C@@H](O)C[C@@H](O)[C@](C)(O)C[C@@H](C)CN[C@H](C)C(OC(=O)NCCNC(=O)CNS(=O)(=O)c2ccc(-n3nc(C(F)(F)F)cc3-c3ccc(C)cc3)cc2)[C@]1(C)O. The second-order valence-electron chi connectivity index (χ2n) is 16.6. The number of carbonyl (C=O) groups is 3. The number of aliphatic hydroxyl groups excluding tert-OH is 2. The maximum atomic E-state index is 13.6. The van der Waals surface area contributed by atoms with Gasteiger partial charge in [0.05, 0.1) is 46.5 Å². The normalized spacial score (nSPS) is 28.0. The Kier molecular flexibility index (Phi) is 16.9. The molecule has 0 bridgehead atoms. The number of esters is 1. The number of hydrogen-bond donors (Lipinski definition) is 8. The molecule has 0 spiro atoms. The third-order valence-corrected chi connectivity index (χ3v) is 12.5. The molecule has 2 aromatic carbocycles. The van der Waals surface area contributed by atoms with E-state index in [0.29, 0.717) is 5.56 Å². The van der Waals surface area contributed by atoms with E-state index in [1.165, 1.54) is 32.9 Å². The quantitative estimate of drug-likeness (QED) is 0.102. The van der Waals surface area contributed by atoms with Gasteiger partial charge in [0.1, 0.15) is 11.7 Å². The number of cyclic esters (lactones) is 1. The fourth-order valence-corrected chi connectivity index (χ4v) is 8.25. The molecule has 1 fully saturated rings. The number of alkyl halides is 3. The molecular weight excluding hydrogens is 854 g/mol. The largest absolute Gasteiger partial charge is 0.459 e. The van der Waals surface area contributed by atoms with E-state index in [0.717, 1.165) is 28.4 Å². The summed E-state index contributed by atoms with van der Waals surface area (Å²) < 4.78 is 81.5. The fourth-order valence-electron chi connectivity index (χ4n) is 7.27. The first kappa shape index (κ1) is 51.0. The summed E-state index contributed by atoms with van der Waals surface area (Å²) in [4.78, 5) is 38.5. The van der Waals surface area contributed by atoms with E-state index in [4.69, 9.17) is 9.47 Å². The van der Waals surface area contributed by atoms with Gasteiger partial charge in [-0.2, -0.15) is 18.3 Å². The second kappa shape index (κ2) is 20.9. The van der Waals surface area contributed by atoms with Gasteiger partial charge in [-0.25, -0.2) is 22.6 Å². The first-order valence-corrected chi connectivity index (χ1v) is 22.0. The van der Waals surface area contributed by atoms with Gasteiger partial charge in [-0.05, 0) is 90.3 Å². The highest BCUT2D eigenvalue weighted by atomic mass is 32.2. The molecule has 350 valence electrons. The van der Waals surface area contributed by atoms with Crippen LogP contribution in [0.5, 0.6) is 0 Å². The van der Waals surface area contributed by atoms with Crippen LogP contribution in [-0.4, -0.2) is 124 Å². The summed E-state index contributed by atoms with van der Waals surface area (Å²) in [6.45, 7) is 10.2. The minimum Gasteiger partial charge on any atom is -0.459 e. The van der Waals surface area contributed by atoms with E-state index in [1.54, 1.807) is 38.1 Å².